The van der Waals surface area contributed by atoms with Crippen molar-refractivity contribution in [2.45, 2.75) is 12.5 Å². The van der Waals surface area contributed by atoms with Gasteiger partial charge in [0.15, 0.2) is 0 Å². The molecule has 4 N–H and O–H groups in total. The van der Waals surface area contributed by atoms with E-state index in [9.17, 15) is 5.11 Å². The van der Waals surface area contributed by atoms with Crippen LogP contribution in [0.3, 0.4) is 0 Å². The molecule has 3 heteroatoms. The van der Waals surface area contributed by atoms with Crippen LogP contribution in [-0.2, 0) is 6.42 Å². The molecule has 19 heavy (non-hydrogen) atoms. The van der Waals surface area contributed by atoms with Crippen LogP contribution in [0.1, 0.15) is 17.2 Å². The van der Waals surface area contributed by atoms with Gasteiger partial charge in [0, 0.05) is 12.2 Å². The first kappa shape index (κ1) is 13.6. The highest BCUT2D eigenvalue weighted by atomic mass is 16.3. The number of anilines is 1. The Bertz CT molecular complexity index is 499. The Morgan fingerprint density at radius 3 is 2.58 bits per heavy atom. The Labute approximate surface area is 114 Å². The van der Waals surface area contributed by atoms with E-state index >= 15 is 0 Å². The van der Waals surface area contributed by atoms with E-state index in [2.05, 4.69) is 11.4 Å². The third kappa shape index (κ3) is 4.39. The SMILES string of the molecule is Nc1cccc(CCNCC(O)c2ccccc2)c1. The minimum absolute atomic E-state index is 0.456. The molecule has 2 rings (SSSR count). The summed E-state index contributed by atoms with van der Waals surface area (Å²) in [4.78, 5) is 0. The zero-order chi connectivity index (χ0) is 13.5. The maximum absolute atomic E-state index is 9.98. The third-order valence-corrected chi connectivity index (χ3v) is 3.06. The molecule has 3 nitrogen and oxygen atoms in total. The normalized spacial score (nSPS) is 12.3. The average molecular weight is 256 g/mol. The van der Waals surface area contributed by atoms with E-state index in [1.54, 1.807) is 0 Å². The van der Waals surface area contributed by atoms with Crippen LogP contribution >= 0.6 is 0 Å². The van der Waals surface area contributed by atoms with E-state index in [4.69, 9.17) is 5.73 Å². The van der Waals surface area contributed by atoms with Crippen molar-refractivity contribution in [2.24, 2.45) is 0 Å². The molecule has 0 aliphatic heterocycles. The summed E-state index contributed by atoms with van der Waals surface area (Å²) < 4.78 is 0. The monoisotopic (exact) mass is 256 g/mol. The predicted octanol–water partition coefficient (Wildman–Crippen LogP) is 2.13. The average Bonchev–Trinajstić information content (AvgIpc) is 2.44. The van der Waals surface area contributed by atoms with Crippen molar-refractivity contribution in [3.63, 3.8) is 0 Å². The van der Waals surface area contributed by atoms with Gasteiger partial charge in [-0.05, 0) is 36.2 Å². The fourth-order valence-corrected chi connectivity index (χ4v) is 2.01. The number of hydrogen-bond donors (Lipinski definition) is 3. The lowest BCUT2D eigenvalue weighted by Crippen LogP contribution is -2.23. The van der Waals surface area contributed by atoms with Gasteiger partial charge in [0.1, 0.15) is 0 Å². The highest BCUT2D eigenvalue weighted by Gasteiger charge is 2.05. The van der Waals surface area contributed by atoms with Crippen LogP contribution in [-0.4, -0.2) is 18.2 Å². The van der Waals surface area contributed by atoms with Crippen LogP contribution in [0.15, 0.2) is 54.6 Å². The number of rotatable bonds is 6. The molecule has 0 saturated heterocycles. The van der Waals surface area contributed by atoms with Gasteiger partial charge in [0.2, 0.25) is 0 Å². The molecule has 0 spiro atoms. The van der Waals surface area contributed by atoms with Crippen molar-refractivity contribution in [3.05, 3.63) is 65.7 Å². The molecule has 0 fully saturated rings. The number of benzene rings is 2. The molecule has 0 radical (unpaired) electrons. The minimum atomic E-state index is -0.456. The van der Waals surface area contributed by atoms with E-state index in [0.29, 0.717) is 6.54 Å². The highest BCUT2D eigenvalue weighted by molar-refractivity contribution is 5.40. The number of aliphatic hydroxyl groups excluding tert-OH is 1. The summed E-state index contributed by atoms with van der Waals surface area (Å²) in [5.41, 5.74) is 8.67. The molecule has 0 amide bonds. The second kappa shape index (κ2) is 6.92. The van der Waals surface area contributed by atoms with Crippen LogP contribution in [0.5, 0.6) is 0 Å². The highest BCUT2D eigenvalue weighted by Crippen LogP contribution is 2.10. The smallest absolute Gasteiger partial charge is 0.0914 e. The maximum atomic E-state index is 9.98. The first-order chi connectivity index (χ1) is 9.25. The van der Waals surface area contributed by atoms with E-state index in [0.717, 1.165) is 24.2 Å². The summed E-state index contributed by atoms with van der Waals surface area (Å²) in [6.07, 6.45) is 0.453. The van der Waals surface area contributed by atoms with Gasteiger partial charge in [-0.1, -0.05) is 42.5 Å². The van der Waals surface area contributed by atoms with Gasteiger partial charge in [0.05, 0.1) is 6.10 Å². The van der Waals surface area contributed by atoms with Gasteiger partial charge in [0.25, 0.3) is 0 Å². The van der Waals surface area contributed by atoms with Crippen molar-refractivity contribution in [1.82, 2.24) is 5.32 Å². The number of nitrogens with one attached hydrogen (secondary N) is 1. The fraction of sp³-hybridized carbons (Fsp3) is 0.250. The van der Waals surface area contributed by atoms with Crippen LogP contribution < -0.4 is 11.1 Å². The molecule has 1 atom stereocenters. The van der Waals surface area contributed by atoms with Gasteiger partial charge in [-0.25, -0.2) is 0 Å². The summed E-state index contributed by atoms with van der Waals surface area (Å²) in [5.74, 6) is 0. The molecule has 0 aliphatic rings. The summed E-state index contributed by atoms with van der Waals surface area (Å²) >= 11 is 0. The second-order valence-corrected chi connectivity index (χ2v) is 4.63. The zero-order valence-corrected chi connectivity index (χ0v) is 10.9. The summed E-state index contributed by atoms with van der Waals surface area (Å²) in [6, 6.07) is 17.6. The number of nitrogens with two attached hydrogens (primary N) is 1. The molecule has 1 unspecified atom stereocenters. The Morgan fingerprint density at radius 1 is 1.05 bits per heavy atom. The van der Waals surface area contributed by atoms with Gasteiger partial charge < -0.3 is 16.2 Å². The molecular weight excluding hydrogens is 236 g/mol. The minimum Gasteiger partial charge on any atom is -0.399 e. The van der Waals surface area contributed by atoms with Crippen molar-refractivity contribution in [2.75, 3.05) is 18.8 Å². The number of hydrogen-bond acceptors (Lipinski definition) is 3. The molecule has 0 aliphatic carbocycles. The molecular formula is C16H20N2O. The fourth-order valence-electron chi connectivity index (χ4n) is 2.01. The first-order valence-electron chi connectivity index (χ1n) is 6.54. The number of aliphatic hydroxyl groups is 1. The van der Waals surface area contributed by atoms with Gasteiger partial charge in [-0.2, -0.15) is 0 Å². The molecule has 0 saturated carbocycles. The predicted molar refractivity (Wildman–Crippen MR) is 78.8 cm³/mol. The van der Waals surface area contributed by atoms with E-state index < -0.39 is 6.10 Å². The van der Waals surface area contributed by atoms with Crippen molar-refractivity contribution in [1.29, 1.82) is 0 Å². The Hall–Kier alpha value is -1.84. The van der Waals surface area contributed by atoms with Crippen molar-refractivity contribution >= 4 is 5.69 Å². The molecule has 0 aromatic heterocycles. The quantitative estimate of drug-likeness (QED) is 0.548. The van der Waals surface area contributed by atoms with E-state index in [1.807, 2.05) is 48.5 Å². The molecule has 0 heterocycles. The molecule has 0 bridgehead atoms. The zero-order valence-electron chi connectivity index (χ0n) is 10.9. The standard InChI is InChI=1S/C16H20N2O/c17-15-8-4-5-13(11-15)9-10-18-12-16(19)14-6-2-1-3-7-14/h1-8,11,16,18-19H,9-10,12,17H2. The molecule has 2 aromatic rings. The lowest BCUT2D eigenvalue weighted by Gasteiger charge is -2.12. The largest absolute Gasteiger partial charge is 0.399 e. The van der Waals surface area contributed by atoms with Crippen LogP contribution in [0, 0.1) is 0 Å². The Kier molecular flexibility index (Phi) is 4.95. The third-order valence-electron chi connectivity index (χ3n) is 3.06. The topological polar surface area (TPSA) is 58.3 Å². The lowest BCUT2D eigenvalue weighted by molar-refractivity contribution is 0.175. The van der Waals surface area contributed by atoms with Gasteiger partial charge in [-0.15, -0.1) is 0 Å². The van der Waals surface area contributed by atoms with Crippen LogP contribution in [0.25, 0.3) is 0 Å². The summed E-state index contributed by atoms with van der Waals surface area (Å²) in [5, 5.41) is 13.2. The number of nitrogen functional groups attached to an aromatic ring is 1. The van der Waals surface area contributed by atoms with Crippen molar-refractivity contribution < 1.29 is 5.11 Å². The molecule has 2 aromatic carbocycles. The first-order valence-corrected chi connectivity index (χ1v) is 6.54. The van der Waals surface area contributed by atoms with Gasteiger partial charge >= 0.3 is 0 Å². The Balaban J connectivity index is 1.72. The van der Waals surface area contributed by atoms with E-state index in [-0.39, 0.29) is 0 Å². The van der Waals surface area contributed by atoms with Gasteiger partial charge in [-0.3, -0.25) is 0 Å². The Morgan fingerprint density at radius 2 is 1.84 bits per heavy atom. The summed E-state index contributed by atoms with van der Waals surface area (Å²) in [7, 11) is 0. The summed E-state index contributed by atoms with van der Waals surface area (Å²) in [6.45, 7) is 1.39. The van der Waals surface area contributed by atoms with E-state index in [1.165, 1.54) is 5.56 Å². The van der Waals surface area contributed by atoms with Crippen LogP contribution in [0.2, 0.25) is 0 Å². The van der Waals surface area contributed by atoms with Crippen LogP contribution in [0.4, 0.5) is 5.69 Å². The second-order valence-electron chi connectivity index (χ2n) is 4.63. The molecule has 100 valence electrons. The van der Waals surface area contributed by atoms with Crippen molar-refractivity contribution in [3.8, 4) is 0 Å². The lowest BCUT2D eigenvalue weighted by atomic mass is 10.1. The maximum Gasteiger partial charge on any atom is 0.0914 e.